The maximum absolute atomic E-state index is 14.9. The van der Waals surface area contributed by atoms with Gasteiger partial charge in [-0.3, -0.25) is 9.20 Å². The van der Waals surface area contributed by atoms with Crippen LogP contribution in [-0.4, -0.2) is 35.3 Å². The normalized spacial score (nSPS) is 19.7. The number of nitrogens with zero attached hydrogens (tertiary/aromatic N) is 3. The molecule has 0 bridgehead atoms. The molecule has 1 saturated heterocycles. The van der Waals surface area contributed by atoms with E-state index in [1.807, 2.05) is 0 Å². The lowest BCUT2D eigenvalue weighted by atomic mass is 10.1. The zero-order chi connectivity index (χ0) is 17.9. The van der Waals surface area contributed by atoms with E-state index in [0.717, 1.165) is 29.9 Å². The molecule has 3 heterocycles. The highest BCUT2D eigenvalue weighted by Gasteiger charge is 2.34. The Morgan fingerprint density at radius 1 is 1.27 bits per heavy atom. The summed E-state index contributed by atoms with van der Waals surface area (Å²) in [7, 11) is 1.41. The average molecular weight is 386 g/mol. The van der Waals surface area contributed by atoms with Gasteiger partial charge in [0, 0.05) is 19.1 Å². The molecule has 2 aromatic heterocycles. The van der Waals surface area contributed by atoms with Crippen LogP contribution in [0.1, 0.15) is 30.7 Å². The van der Waals surface area contributed by atoms with Gasteiger partial charge in [-0.05, 0) is 25.2 Å². The number of aromatic nitrogens is 2. The molecular weight excluding hydrogens is 365 g/mol. The van der Waals surface area contributed by atoms with Crippen molar-refractivity contribution in [1.82, 2.24) is 9.08 Å². The first-order chi connectivity index (χ1) is 11.9. The minimum absolute atomic E-state index is 0. The fraction of sp³-hybridized carbons (Fsp3) is 0.500. The number of pyridine rings is 1. The lowest BCUT2D eigenvalue weighted by Crippen LogP contribution is -2.44. The standard InChI is InChI=1S/C16H20FN5O3.ClH/c1-25-14-12(20-5-4-9(18)6-20)10(17)7-21-13(14)11(8-2-3-8)15(23)22(19)16(21)24;/h7-9H,2-6,18-19H2,1H3;1H. The van der Waals surface area contributed by atoms with E-state index in [9.17, 15) is 14.0 Å². The van der Waals surface area contributed by atoms with Crippen LogP contribution in [0.25, 0.3) is 5.52 Å². The van der Waals surface area contributed by atoms with E-state index in [0.29, 0.717) is 28.8 Å². The summed E-state index contributed by atoms with van der Waals surface area (Å²) in [6, 6.07) is -0.0533. The van der Waals surface area contributed by atoms with Gasteiger partial charge in [0.15, 0.2) is 11.6 Å². The molecule has 1 unspecified atom stereocenters. The van der Waals surface area contributed by atoms with Gasteiger partial charge in [-0.1, -0.05) is 0 Å². The van der Waals surface area contributed by atoms with E-state index < -0.39 is 17.1 Å². The number of fused-ring (bicyclic) bond motifs is 1. The number of halogens is 2. The summed E-state index contributed by atoms with van der Waals surface area (Å²) in [6.45, 7) is 1.07. The van der Waals surface area contributed by atoms with Gasteiger partial charge in [0.2, 0.25) is 0 Å². The van der Waals surface area contributed by atoms with Crippen LogP contribution in [0, 0.1) is 5.82 Å². The summed E-state index contributed by atoms with van der Waals surface area (Å²) < 4.78 is 21.9. The molecule has 0 spiro atoms. The predicted molar refractivity (Wildman–Crippen MR) is 98.6 cm³/mol. The molecule has 10 heteroatoms. The number of hydrogen-bond acceptors (Lipinski definition) is 6. The Labute approximate surface area is 154 Å². The zero-order valence-electron chi connectivity index (χ0n) is 14.3. The summed E-state index contributed by atoms with van der Waals surface area (Å²) in [5.41, 5.74) is 5.54. The van der Waals surface area contributed by atoms with Crippen LogP contribution in [0.3, 0.4) is 0 Å². The van der Waals surface area contributed by atoms with Crippen LogP contribution >= 0.6 is 12.4 Å². The molecular formula is C16H21ClFN5O3. The van der Waals surface area contributed by atoms with Gasteiger partial charge in [-0.15, -0.1) is 12.4 Å². The molecule has 2 fully saturated rings. The number of nitrogens with two attached hydrogens (primary N) is 2. The minimum atomic E-state index is -0.800. The van der Waals surface area contributed by atoms with Gasteiger partial charge >= 0.3 is 5.69 Å². The average Bonchev–Trinajstić information content (AvgIpc) is 3.33. The van der Waals surface area contributed by atoms with Crippen molar-refractivity contribution in [3.8, 4) is 5.75 Å². The van der Waals surface area contributed by atoms with Gasteiger partial charge in [0.05, 0.1) is 18.9 Å². The summed E-state index contributed by atoms with van der Waals surface area (Å²) in [4.78, 5) is 26.8. The van der Waals surface area contributed by atoms with E-state index in [1.54, 1.807) is 4.90 Å². The second-order valence-corrected chi connectivity index (χ2v) is 6.72. The van der Waals surface area contributed by atoms with Crippen LogP contribution < -0.4 is 32.5 Å². The third-order valence-electron chi connectivity index (χ3n) is 4.99. The van der Waals surface area contributed by atoms with E-state index in [4.69, 9.17) is 16.3 Å². The Balaban J connectivity index is 0.00000196. The van der Waals surface area contributed by atoms with Crippen molar-refractivity contribution >= 4 is 23.6 Å². The van der Waals surface area contributed by atoms with Crippen molar-refractivity contribution in [3.05, 3.63) is 38.4 Å². The number of ether oxygens (including phenoxy) is 1. The van der Waals surface area contributed by atoms with Crippen molar-refractivity contribution in [3.63, 3.8) is 0 Å². The van der Waals surface area contributed by atoms with Crippen LogP contribution in [0.15, 0.2) is 15.8 Å². The molecule has 4 N–H and O–H groups in total. The first-order valence-corrected chi connectivity index (χ1v) is 8.27. The van der Waals surface area contributed by atoms with Crippen molar-refractivity contribution in [2.45, 2.75) is 31.2 Å². The van der Waals surface area contributed by atoms with Crippen molar-refractivity contribution in [2.75, 3.05) is 30.9 Å². The van der Waals surface area contributed by atoms with Crippen molar-refractivity contribution in [2.24, 2.45) is 5.73 Å². The maximum Gasteiger partial charge on any atom is 0.354 e. The highest BCUT2D eigenvalue weighted by Crippen LogP contribution is 2.44. The number of nitrogen functional groups attached to an aromatic ring is 1. The topological polar surface area (TPSA) is 108 Å². The summed E-state index contributed by atoms with van der Waals surface area (Å²) in [5, 5.41) is 0. The van der Waals surface area contributed by atoms with E-state index >= 15 is 0 Å². The van der Waals surface area contributed by atoms with Crippen LogP contribution in [0.2, 0.25) is 0 Å². The molecule has 2 aromatic rings. The SMILES string of the molecule is COc1c(N2CCC(N)C2)c(F)cn2c(=O)n(N)c(=O)c(C3CC3)c12.Cl. The molecule has 1 aliphatic heterocycles. The van der Waals surface area contributed by atoms with Gasteiger partial charge in [0.25, 0.3) is 5.56 Å². The zero-order valence-corrected chi connectivity index (χ0v) is 15.1. The smallest absolute Gasteiger partial charge is 0.354 e. The molecule has 142 valence electrons. The molecule has 26 heavy (non-hydrogen) atoms. The monoisotopic (exact) mass is 385 g/mol. The summed E-state index contributed by atoms with van der Waals surface area (Å²) in [5.74, 6) is 5.20. The third kappa shape index (κ3) is 2.62. The van der Waals surface area contributed by atoms with E-state index in [-0.39, 0.29) is 35.8 Å². The number of anilines is 1. The Morgan fingerprint density at radius 2 is 1.96 bits per heavy atom. The van der Waals surface area contributed by atoms with E-state index in [2.05, 4.69) is 0 Å². The second kappa shape index (κ2) is 6.48. The molecule has 0 amide bonds. The maximum atomic E-state index is 14.9. The Hall–Kier alpha value is -2.26. The molecule has 0 radical (unpaired) electrons. The van der Waals surface area contributed by atoms with Gasteiger partial charge in [-0.25, -0.2) is 9.18 Å². The minimum Gasteiger partial charge on any atom is -0.492 e. The van der Waals surface area contributed by atoms with Gasteiger partial charge in [0.1, 0.15) is 11.2 Å². The molecule has 1 atom stereocenters. The highest BCUT2D eigenvalue weighted by molar-refractivity contribution is 5.85. The molecule has 0 aromatic carbocycles. The molecule has 1 saturated carbocycles. The number of methoxy groups -OCH3 is 1. The largest absolute Gasteiger partial charge is 0.492 e. The molecule has 4 rings (SSSR count). The molecule has 1 aliphatic carbocycles. The Morgan fingerprint density at radius 3 is 2.50 bits per heavy atom. The Kier molecular flexibility index (Phi) is 4.61. The summed E-state index contributed by atoms with van der Waals surface area (Å²) in [6.07, 6.45) is 3.47. The van der Waals surface area contributed by atoms with Crippen LogP contribution in [-0.2, 0) is 0 Å². The fourth-order valence-electron chi connectivity index (χ4n) is 3.62. The van der Waals surface area contributed by atoms with Gasteiger partial charge in [-0.2, -0.15) is 4.68 Å². The highest BCUT2D eigenvalue weighted by atomic mass is 35.5. The van der Waals surface area contributed by atoms with Crippen molar-refractivity contribution < 1.29 is 9.13 Å². The molecule has 2 aliphatic rings. The van der Waals surface area contributed by atoms with E-state index in [1.165, 1.54) is 7.11 Å². The Bertz CT molecular complexity index is 985. The fourth-order valence-corrected chi connectivity index (χ4v) is 3.62. The van der Waals surface area contributed by atoms with Crippen molar-refractivity contribution in [1.29, 1.82) is 0 Å². The lowest BCUT2D eigenvalue weighted by Gasteiger charge is -2.24. The third-order valence-corrected chi connectivity index (χ3v) is 4.99. The van der Waals surface area contributed by atoms with Crippen LogP contribution in [0.5, 0.6) is 5.75 Å². The summed E-state index contributed by atoms with van der Waals surface area (Å²) >= 11 is 0. The predicted octanol–water partition coefficient (Wildman–Crippen LogP) is 0.159. The molecule has 8 nitrogen and oxygen atoms in total. The van der Waals surface area contributed by atoms with Gasteiger partial charge < -0.3 is 21.2 Å². The number of rotatable bonds is 3. The lowest BCUT2D eigenvalue weighted by molar-refractivity contribution is 0.412. The first kappa shape index (κ1) is 18.5. The van der Waals surface area contributed by atoms with Crippen LogP contribution in [0.4, 0.5) is 10.1 Å². The number of hydrogen-bond donors (Lipinski definition) is 2. The second-order valence-electron chi connectivity index (χ2n) is 6.72. The quantitative estimate of drug-likeness (QED) is 0.729. The first-order valence-electron chi connectivity index (χ1n) is 8.27.